The van der Waals surface area contributed by atoms with E-state index in [1.54, 1.807) is 4.90 Å². The molecule has 1 saturated heterocycles. The normalized spacial score (nSPS) is 17.1. The van der Waals surface area contributed by atoms with Gasteiger partial charge in [-0.1, -0.05) is 0 Å². The summed E-state index contributed by atoms with van der Waals surface area (Å²) in [4.78, 5) is 30.8. The van der Waals surface area contributed by atoms with Gasteiger partial charge < -0.3 is 20.2 Å². The molecule has 0 bridgehead atoms. The van der Waals surface area contributed by atoms with Crippen LogP contribution in [0.4, 0.5) is 5.95 Å². The van der Waals surface area contributed by atoms with Gasteiger partial charge in [0.05, 0.1) is 12.2 Å². The van der Waals surface area contributed by atoms with Crippen LogP contribution in [0.2, 0.25) is 0 Å². The Morgan fingerprint density at radius 2 is 1.83 bits per heavy atom. The molecule has 0 amide bonds. The predicted octanol–water partition coefficient (Wildman–Crippen LogP) is -0.942. The minimum atomic E-state index is -1.17. The second-order valence-corrected chi connectivity index (χ2v) is 4.18. The van der Waals surface area contributed by atoms with Gasteiger partial charge in [-0.25, -0.2) is 14.8 Å². The highest BCUT2D eigenvalue weighted by Crippen LogP contribution is 2.32. The number of carbonyl (C=O) groups is 2. The quantitative estimate of drug-likeness (QED) is 0.628. The van der Waals surface area contributed by atoms with E-state index in [-0.39, 0.29) is 24.6 Å². The van der Waals surface area contributed by atoms with Gasteiger partial charge in [0.1, 0.15) is 5.41 Å². The van der Waals surface area contributed by atoms with Gasteiger partial charge in [-0.2, -0.15) is 0 Å². The van der Waals surface area contributed by atoms with Gasteiger partial charge in [0.15, 0.2) is 0 Å². The molecule has 2 heterocycles. The van der Waals surface area contributed by atoms with Crippen LogP contribution in [0.15, 0.2) is 12.4 Å². The van der Waals surface area contributed by atoms with Crippen LogP contribution in [0.3, 0.4) is 0 Å². The third kappa shape index (κ3) is 1.86. The summed E-state index contributed by atoms with van der Waals surface area (Å²) in [5.74, 6) is -1.94. The van der Waals surface area contributed by atoms with Gasteiger partial charge in [-0.05, 0) is 0 Å². The van der Waals surface area contributed by atoms with Crippen molar-refractivity contribution in [1.29, 1.82) is 0 Å². The SMILES string of the molecule is O=C(O)c1cnc(N2CC(CO)(C(=O)O)C2)nc1. The van der Waals surface area contributed by atoms with Gasteiger partial charge in [-0.15, -0.1) is 0 Å². The zero-order valence-corrected chi connectivity index (χ0v) is 9.28. The number of aliphatic hydroxyl groups is 1. The third-order valence-electron chi connectivity index (χ3n) is 2.91. The summed E-state index contributed by atoms with van der Waals surface area (Å²) >= 11 is 0. The van der Waals surface area contributed by atoms with Crippen LogP contribution in [0.25, 0.3) is 0 Å². The molecule has 1 aromatic heterocycles. The summed E-state index contributed by atoms with van der Waals surface area (Å²) in [5, 5.41) is 26.7. The molecule has 18 heavy (non-hydrogen) atoms. The summed E-state index contributed by atoms with van der Waals surface area (Å²) in [7, 11) is 0. The average molecular weight is 253 g/mol. The van der Waals surface area contributed by atoms with Gasteiger partial charge in [0.2, 0.25) is 5.95 Å². The van der Waals surface area contributed by atoms with Crippen molar-refractivity contribution in [2.45, 2.75) is 0 Å². The summed E-state index contributed by atoms with van der Waals surface area (Å²) in [6.07, 6.45) is 2.31. The van der Waals surface area contributed by atoms with Gasteiger partial charge in [0.25, 0.3) is 0 Å². The van der Waals surface area contributed by atoms with Crippen molar-refractivity contribution in [1.82, 2.24) is 9.97 Å². The van der Waals surface area contributed by atoms with Crippen molar-refractivity contribution >= 4 is 17.9 Å². The van der Waals surface area contributed by atoms with Gasteiger partial charge in [-0.3, -0.25) is 4.79 Å². The number of aliphatic carboxylic acids is 1. The van der Waals surface area contributed by atoms with E-state index >= 15 is 0 Å². The molecular weight excluding hydrogens is 242 g/mol. The maximum Gasteiger partial charge on any atom is 0.338 e. The van der Waals surface area contributed by atoms with E-state index in [4.69, 9.17) is 15.3 Å². The van der Waals surface area contributed by atoms with E-state index in [2.05, 4.69) is 9.97 Å². The number of aromatic nitrogens is 2. The molecular formula is C10H11N3O5. The molecule has 1 fully saturated rings. The number of anilines is 1. The Morgan fingerprint density at radius 1 is 1.28 bits per heavy atom. The van der Waals surface area contributed by atoms with E-state index in [1.807, 2.05) is 0 Å². The topological polar surface area (TPSA) is 124 Å². The average Bonchev–Trinajstić information content (AvgIpc) is 2.28. The first-order valence-electron chi connectivity index (χ1n) is 5.13. The number of nitrogens with zero attached hydrogens (tertiary/aromatic N) is 3. The predicted molar refractivity (Wildman–Crippen MR) is 58.4 cm³/mol. The minimum Gasteiger partial charge on any atom is -0.481 e. The lowest BCUT2D eigenvalue weighted by Crippen LogP contribution is -2.63. The molecule has 8 heteroatoms. The molecule has 0 radical (unpaired) electrons. The van der Waals surface area contributed by atoms with E-state index in [9.17, 15) is 9.59 Å². The summed E-state index contributed by atoms with van der Waals surface area (Å²) < 4.78 is 0. The van der Waals surface area contributed by atoms with Crippen molar-refractivity contribution in [3.8, 4) is 0 Å². The molecule has 0 spiro atoms. The lowest BCUT2D eigenvalue weighted by Gasteiger charge is -2.45. The second-order valence-electron chi connectivity index (χ2n) is 4.18. The second kappa shape index (κ2) is 4.22. The molecule has 2 rings (SSSR count). The van der Waals surface area contributed by atoms with Gasteiger partial charge in [0, 0.05) is 25.5 Å². The number of aromatic carboxylic acids is 1. The van der Waals surface area contributed by atoms with E-state index < -0.39 is 24.0 Å². The monoisotopic (exact) mass is 253 g/mol. The number of rotatable bonds is 4. The first-order chi connectivity index (χ1) is 8.48. The van der Waals surface area contributed by atoms with E-state index in [0.717, 1.165) is 12.4 Å². The summed E-state index contributed by atoms with van der Waals surface area (Å²) in [5.41, 5.74) is -1.21. The van der Waals surface area contributed by atoms with Crippen LogP contribution in [0, 0.1) is 5.41 Å². The van der Waals surface area contributed by atoms with E-state index in [1.165, 1.54) is 0 Å². The molecule has 8 nitrogen and oxygen atoms in total. The highest BCUT2D eigenvalue weighted by atomic mass is 16.4. The maximum absolute atomic E-state index is 10.9. The largest absolute Gasteiger partial charge is 0.481 e. The smallest absolute Gasteiger partial charge is 0.338 e. The lowest BCUT2D eigenvalue weighted by atomic mass is 9.81. The Hall–Kier alpha value is -2.22. The number of hydrogen-bond acceptors (Lipinski definition) is 6. The fraction of sp³-hybridized carbons (Fsp3) is 0.400. The molecule has 3 N–H and O–H groups in total. The van der Waals surface area contributed by atoms with E-state index in [0.29, 0.717) is 0 Å². The van der Waals surface area contributed by atoms with Crippen LogP contribution in [0.1, 0.15) is 10.4 Å². The number of carboxylic acid groups (broad SMARTS) is 2. The lowest BCUT2D eigenvalue weighted by molar-refractivity contribution is -0.153. The third-order valence-corrected chi connectivity index (χ3v) is 2.91. The fourth-order valence-electron chi connectivity index (χ4n) is 1.72. The number of carboxylic acids is 2. The molecule has 0 aliphatic carbocycles. The summed E-state index contributed by atoms with van der Waals surface area (Å²) in [6, 6.07) is 0. The maximum atomic E-state index is 10.9. The van der Waals surface area contributed by atoms with Gasteiger partial charge >= 0.3 is 11.9 Å². The highest BCUT2D eigenvalue weighted by molar-refractivity contribution is 5.86. The molecule has 0 unspecified atom stereocenters. The van der Waals surface area contributed by atoms with Crippen molar-refractivity contribution in [3.05, 3.63) is 18.0 Å². The molecule has 0 aromatic carbocycles. The zero-order chi connectivity index (χ0) is 13.3. The van der Waals surface area contributed by atoms with Crippen LogP contribution >= 0.6 is 0 Å². The Morgan fingerprint density at radius 3 is 2.22 bits per heavy atom. The standard InChI is InChI=1S/C10H11N3O5/c14-5-10(8(17)18)3-13(4-10)9-11-1-6(2-12-9)7(15)16/h1-2,14H,3-5H2,(H,15,16)(H,17,18). The molecule has 0 saturated carbocycles. The van der Waals surface area contributed by atoms with Crippen molar-refractivity contribution in [3.63, 3.8) is 0 Å². The van der Waals surface area contributed by atoms with Crippen LogP contribution in [-0.2, 0) is 4.79 Å². The number of hydrogen-bond donors (Lipinski definition) is 3. The molecule has 96 valence electrons. The van der Waals surface area contributed by atoms with Crippen LogP contribution in [0.5, 0.6) is 0 Å². The van der Waals surface area contributed by atoms with Crippen molar-refractivity contribution in [2.24, 2.45) is 5.41 Å². The highest BCUT2D eigenvalue weighted by Gasteiger charge is 2.50. The summed E-state index contributed by atoms with van der Waals surface area (Å²) in [6.45, 7) is -0.247. The first-order valence-corrected chi connectivity index (χ1v) is 5.13. The molecule has 0 atom stereocenters. The fourth-order valence-corrected chi connectivity index (χ4v) is 1.72. The molecule has 1 aliphatic rings. The number of aliphatic hydroxyl groups excluding tert-OH is 1. The van der Waals surface area contributed by atoms with Crippen LogP contribution < -0.4 is 4.90 Å². The molecule has 1 aromatic rings. The van der Waals surface area contributed by atoms with Crippen LogP contribution in [-0.4, -0.2) is 56.9 Å². The Bertz CT molecular complexity index is 481. The first kappa shape index (κ1) is 12.2. The molecule has 1 aliphatic heterocycles. The Balaban J connectivity index is 2.08. The Labute approximate surface area is 102 Å². The minimum absolute atomic E-state index is 0.0362. The van der Waals surface area contributed by atoms with Crippen molar-refractivity contribution < 1.29 is 24.9 Å². The zero-order valence-electron chi connectivity index (χ0n) is 9.28. The Kier molecular flexibility index (Phi) is 2.87. The van der Waals surface area contributed by atoms with Crippen molar-refractivity contribution in [2.75, 3.05) is 24.6 Å².